The molecule has 102 valence electrons. The lowest BCUT2D eigenvalue weighted by atomic mass is 9.83. The molecular weight excluding hydrogens is 258 g/mol. The zero-order chi connectivity index (χ0) is 13.4. The second kappa shape index (κ2) is 4.96. The van der Waals surface area contributed by atoms with Gasteiger partial charge in [-0.05, 0) is 37.5 Å². The van der Waals surface area contributed by atoms with E-state index in [1.54, 1.807) is 6.07 Å². The lowest BCUT2D eigenvalue weighted by Crippen LogP contribution is -2.51. The normalized spacial score (nSPS) is 24.8. The summed E-state index contributed by atoms with van der Waals surface area (Å²) in [6, 6.07) is 5.61. The quantitative estimate of drug-likeness (QED) is 0.782. The first kappa shape index (κ1) is 12.7. The second-order valence-electron chi connectivity index (χ2n) is 5.44. The van der Waals surface area contributed by atoms with Gasteiger partial charge in [0.2, 0.25) is 0 Å². The van der Waals surface area contributed by atoms with Crippen LogP contribution in [0.3, 0.4) is 0 Å². The molecule has 2 atom stereocenters. The zero-order valence-corrected chi connectivity index (χ0v) is 11.9. The van der Waals surface area contributed by atoms with Crippen molar-refractivity contribution in [1.29, 1.82) is 0 Å². The van der Waals surface area contributed by atoms with Gasteiger partial charge >= 0.3 is 0 Å². The van der Waals surface area contributed by atoms with Gasteiger partial charge in [0.05, 0.1) is 0 Å². The molecule has 0 aliphatic carbocycles. The third kappa shape index (κ3) is 2.27. The van der Waals surface area contributed by atoms with Crippen molar-refractivity contribution in [2.24, 2.45) is 5.92 Å². The van der Waals surface area contributed by atoms with Crippen LogP contribution >= 0.6 is 12.2 Å². The number of hydrogen-bond donors (Lipinski definition) is 1. The number of pyridine rings is 1. The van der Waals surface area contributed by atoms with E-state index in [4.69, 9.17) is 12.2 Å². The highest BCUT2D eigenvalue weighted by molar-refractivity contribution is 7.80. The molecule has 4 nitrogen and oxygen atoms in total. The van der Waals surface area contributed by atoms with Gasteiger partial charge in [0, 0.05) is 43.9 Å². The maximum atomic E-state index is 11.9. The van der Waals surface area contributed by atoms with Crippen LogP contribution in [-0.2, 0) is 6.54 Å². The number of hydrogen-bond acceptors (Lipinski definition) is 2. The zero-order valence-electron chi connectivity index (χ0n) is 11.1. The maximum absolute atomic E-state index is 11.9. The van der Waals surface area contributed by atoms with Gasteiger partial charge in [-0.3, -0.25) is 4.79 Å². The number of fused-ring (bicyclic) bond motifs is 4. The summed E-state index contributed by atoms with van der Waals surface area (Å²) in [7, 11) is 0. The number of rotatable bonds is 1. The Morgan fingerprint density at radius 2 is 2.26 bits per heavy atom. The van der Waals surface area contributed by atoms with Crippen molar-refractivity contribution in [2.45, 2.75) is 25.8 Å². The van der Waals surface area contributed by atoms with E-state index in [9.17, 15) is 4.79 Å². The fourth-order valence-corrected chi connectivity index (χ4v) is 3.62. The third-order valence-corrected chi connectivity index (χ3v) is 4.50. The molecule has 1 aromatic rings. The molecule has 0 saturated carbocycles. The fourth-order valence-electron chi connectivity index (χ4n) is 3.33. The summed E-state index contributed by atoms with van der Waals surface area (Å²) < 4.78 is 1.95. The molecule has 5 heteroatoms. The van der Waals surface area contributed by atoms with Crippen LogP contribution < -0.4 is 10.9 Å². The van der Waals surface area contributed by atoms with Crippen molar-refractivity contribution in [3.05, 3.63) is 34.2 Å². The van der Waals surface area contributed by atoms with Crippen LogP contribution in [0.2, 0.25) is 0 Å². The molecule has 0 unspecified atom stereocenters. The van der Waals surface area contributed by atoms with Gasteiger partial charge in [-0.2, -0.15) is 0 Å². The van der Waals surface area contributed by atoms with Crippen LogP contribution in [-0.4, -0.2) is 34.2 Å². The van der Waals surface area contributed by atoms with Crippen LogP contribution in [0.5, 0.6) is 0 Å². The van der Waals surface area contributed by atoms with Crippen molar-refractivity contribution >= 4 is 17.3 Å². The van der Waals surface area contributed by atoms with E-state index in [2.05, 4.69) is 23.2 Å². The molecule has 0 spiro atoms. The summed E-state index contributed by atoms with van der Waals surface area (Å²) in [6.07, 6.45) is 1.18. The molecule has 2 aliphatic heterocycles. The predicted molar refractivity (Wildman–Crippen MR) is 79.4 cm³/mol. The van der Waals surface area contributed by atoms with Crippen molar-refractivity contribution in [1.82, 2.24) is 14.8 Å². The standard InChI is InChI=1S/C14H19N3OS/c1-2-15-14(19)16-7-10-6-11(9-16)12-4-3-5-13(18)17(12)8-10/h3-5,10-11H,2,6-9H2,1H3,(H,15,19)/t10-,11+/m1/s1. The molecule has 0 amide bonds. The van der Waals surface area contributed by atoms with Crippen molar-refractivity contribution in [3.63, 3.8) is 0 Å². The van der Waals surface area contributed by atoms with Crippen LogP contribution in [0.4, 0.5) is 0 Å². The molecule has 1 N–H and O–H groups in total. The van der Waals surface area contributed by atoms with Gasteiger partial charge in [0.25, 0.3) is 5.56 Å². The first-order valence-electron chi connectivity index (χ1n) is 6.91. The maximum Gasteiger partial charge on any atom is 0.250 e. The molecule has 1 saturated heterocycles. The average Bonchev–Trinajstić information content (AvgIpc) is 2.40. The molecule has 19 heavy (non-hydrogen) atoms. The second-order valence-corrected chi connectivity index (χ2v) is 5.83. The van der Waals surface area contributed by atoms with Gasteiger partial charge in [-0.1, -0.05) is 6.07 Å². The Morgan fingerprint density at radius 1 is 1.42 bits per heavy atom. The Kier molecular flexibility index (Phi) is 3.31. The molecule has 0 radical (unpaired) electrons. The van der Waals surface area contributed by atoms with E-state index in [-0.39, 0.29) is 5.56 Å². The number of piperidine rings is 1. The molecule has 3 heterocycles. The minimum atomic E-state index is 0.134. The highest BCUT2D eigenvalue weighted by atomic mass is 32.1. The molecular formula is C14H19N3OS. The Bertz CT molecular complexity index is 554. The molecule has 2 aliphatic rings. The minimum absolute atomic E-state index is 0.134. The van der Waals surface area contributed by atoms with E-state index in [1.807, 2.05) is 10.6 Å². The number of nitrogens with one attached hydrogen (secondary N) is 1. The summed E-state index contributed by atoms with van der Waals surface area (Å²) in [4.78, 5) is 14.2. The van der Waals surface area contributed by atoms with E-state index >= 15 is 0 Å². The first-order chi connectivity index (χ1) is 9.19. The minimum Gasteiger partial charge on any atom is -0.363 e. The highest BCUT2D eigenvalue weighted by Crippen LogP contribution is 2.34. The molecule has 3 rings (SSSR count). The Morgan fingerprint density at radius 3 is 3.05 bits per heavy atom. The molecule has 1 fully saturated rings. The van der Waals surface area contributed by atoms with Gasteiger partial charge < -0.3 is 14.8 Å². The van der Waals surface area contributed by atoms with Crippen LogP contribution in [0.1, 0.15) is 25.0 Å². The monoisotopic (exact) mass is 277 g/mol. The number of nitrogens with zero attached hydrogens (tertiary/aromatic N) is 2. The van der Waals surface area contributed by atoms with E-state index in [0.29, 0.717) is 11.8 Å². The number of thiocarbonyl (C=S) groups is 1. The van der Waals surface area contributed by atoms with E-state index in [1.165, 1.54) is 12.1 Å². The lowest BCUT2D eigenvalue weighted by Gasteiger charge is -2.43. The summed E-state index contributed by atoms with van der Waals surface area (Å²) in [5.74, 6) is 0.959. The summed E-state index contributed by atoms with van der Waals surface area (Å²) in [5, 5.41) is 4.08. The summed E-state index contributed by atoms with van der Waals surface area (Å²) >= 11 is 5.42. The van der Waals surface area contributed by atoms with Crippen molar-refractivity contribution in [3.8, 4) is 0 Å². The van der Waals surface area contributed by atoms with Gasteiger partial charge in [0.1, 0.15) is 0 Å². The molecule has 0 aromatic carbocycles. The third-order valence-electron chi connectivity index (χ3n) is 4.09. The van der Waals surface area contributed by atoms with Crippen LogP contribution in [0, 0.1) is 5.92 Å². The number of aromatic nitrogens is 1. The SMILES string of the molecule is CCNC(=S)N1C[C@H]2C[C@@H](C1)c1cccc(=O)n1C2. The van der Waals surface area contributed by atoms with Gasteiger partial charge in [-0.15, -0.1) is 0 Å². The lowest BCUT2D eigenvalue weighted by molar-refractivity contribution is 0.177. The summed E-state index contributed by atoms with van der Waals surface area (Å²) in [6.45, 7) is 5.64. The smallest absolute Gasteiger partial charge is 0.250 e. The predicted octanol–water partition coefficient (Wildman–Crippen LogP) is 1.16. The Balaban J connectivity index is 1.88. The van der Waals surface area contributed by atoms with Crippen molar-refractivity contribution in [2.75, 3.05) is 19.6 Å². The Hall–Kier alpha value is -1.36. The molecule has 1 aromatic heterocycles. The summed E-state index contributed by atoms with van der Waals surface area (Å²) in [5.41, 5.74) is 1.31. The van der Waals surface area contributed by atoms with Gasteiger partial charge in [-0.25, -0.2) is 0 Å². The topological polar surface area (TPSA) is 37.3 Å². The largest absolute Gasteiger partial charge is 0.363 e. The highest BCUT2D eigenvalue weighted by Gasteiger charge is 2.35. The van der Waals surface area contributed by atoms with E-state index < -0.39 is 0 Å². The van der Waals surface area contributed by atoms with Gasteiger partial charge in [0.15, 0.2) is 5.11 Å². The van der Waals surface area contributed by atoms with Crippen LogP contribution in [0.25, 0.3) is 0 Å². The number of likely N-dealkylation sites (tertiary alicyclic amines) is 1. The average molecular weight is 277 g/mol. The fraction of sp³-hybridized carbons (Fsp3) is 0.571. The first-order valence-corrected chi connectivity index (χ1v) is 7.32. The molecule has 2 bridgehead atoms. The van der Waals surface area contributed by atoms with Crippen LogP contribution in [0.15, 0.2) is 23.0 Å². The van der Waals surface area contributed by atoms with E-state index in [0.717, 1.165) is 31.3 Å². The van der Waals surface area contributed by atoms with Crippen molar-refractivity contribution < 1.29 is 0 Å². The Labute approximate surface area is 118 Å².